The Morgan fingerprint density at radius 2 is 1.65 bits per heavy atom. The van der Waals surface area contributed by atoms with Crippen LogP contribution in [0.15, 0.2) is 0 Å². The summed E-state index contributed by atoms with van der Waals surface area (Å²) < 4.78 is 0. The summed E-state index contributed by atoms with van der Waals surface area (Å²) in [4.78, 5) is 13.4. The summed E-state index contributed by atoms with van der Waals surface area (Å²) in [6.07, 6.45) is 4.92. The fourth-order valence-electron chi connectivity index (χ4n) is 9.83. The molecule has 0 aliphatic heterocycles. The molecule has 0 amide bonds. The molecule has 0 spiro atoms. The van der Waals surface area contributed by atoms with Crippen LogP contribution in [0.25, 0.3) is 0 Å². The highest BCUT2D eigenvalue weighted by Gasteiger charge is 2.67. The number of fused-ring (bicyclic) bond motifs is 5. The minimum absolute atomic E-state index is 0.00555. The van der Waals surface area contributed by atoms with Gasteiger partial charge in [-0.3, -0.25) is 4.79 Å². The summed E-state index contributed by atoms with van der Waals surface area (Å²) >= 11 is 0. The molecule has 0 radical (unpaired) electrons. The summed E-state index contributed by atoms with van der Waals surface area (Å²) in [5, 5.41) is 44.1. The van der Waals surface area contributed by atoms with Crippen LogP contribution in [-0.4, -0.2) is 50.1 Å². The number of aliphatic hydroxyl groups is 4. The van der Waals surface area contributed by atoms with E-state index < -0.39 is 29.3 Å². The van der Waals surface area contributed by atoms with Crippen molar-refractivity contribution in [3.63, 3.8) is 0 Å². The minimum Gasteiger partial charge on any atom is -0.393 e. The molecule has 0 saturated heterocycles. The highest BCUT2D eigenvalue weighted by Crippen LogP contribution is 2.68. The second-order valence-electron chi connectivity index (χ2n) is 13.6. The lowest BCUT2D eigenvalue weighted by molar-refractivity contribution is -0.214. The van der Waals surface area contributed by atoms with Crippen molar-refractivity contribution in [3.8, 4) is 0 Å². The second kappa shape index (κ2) is 9.11. The van der Waals surface area contributed by atoms with Gasteiger partial charge >= 0.3 is 0 Å². The third-order valence-electron chi connectivity index (χ3n) is 12.0. The standard InChI is InChI=1S/C29H50O5/c1-7-19(16(2)3)26(33)25(32)17(4)21-8-9-22-20-14-24(31)29(34)15-18(30)10-13-28(29,6)23(20)11-12-27(21,22)5/h16-23,25-26,30,32-34H,7-15H2,1-6H3/t17-,18-,19-,20?,21+,22?,23?,25-,26-,27+,28+,29-/m0/s1. The summed E-state index contributed by atoms with van der Waals surface area (Å²) in [6.45, 7) is 12.9. The average Bonchev–Trinajstić information content (AvgIpc) is 3.12. The van der Waals surface area contributed by atoms with Crippen molar-refractivity contribution in [3.05, 3.63) is 0 Å². The van der Waals surface area contributed by atoms with Gasteiger partial charge in [0.2, 0.25) is 0 Å². The number of carbonyl (C=O) groups is 1. The van der Waals surface area contributed by atoms with E-state index in [9.17, 15) is 25.2 Å². The Kier molecular flexibility index (Phi) is 7.12. The van der Waals surface area contributed by atoms with E-state index in [1.165, 1.54) is 0 Å². The quantitative estimate of drug-likeness (QED) is 0.455. The van der Waals surface area contributed by atoms with Gasteiger partial charge in [0, 0.05) is 18.3 Å². The van der Waals surface area contributed by atoms with Gasteiger partial charge in [-0.25, -0.2) is 0 Å². The number of Topliss-reactive ketones (excluding diaryl/α,β-unsaturated/α-hetero) is 1. The van der Waals surface area contributed by atoms with Gasteiger partial charge in [-0.15, -0.1) is 0 Å². The molecular weight excluding hydrogens is 428 g/mol. The second-order valence-corrected chi connectivity index (χ2v) is 13.6. The molecular formula is C29H50O5. The zero-order valence-corrected chi connectivity index (χ0v) is 22.3. The highest BCUT2D eigenvalue weighted by atomic mass is 16.3. The molecule has 5 nitrogen and oxygen atoms in total. The lowest BCUT2D eigenvalue weighted by atomic mass is 9.42. The van der Waals surface area contributed by atoms with Gasteiger partial charge in [0.05, 0.1) is 18.3 Å². The van der Waals surface area contributed by atoms with Crippen molar-refractivity contribution in [2.24, 2.45) is 52.3 Å². The van der Waals surface area contributed by atoms with Crippen LogP contribution >= 0.6 is 0 Å². The molecule has 5 heteroatoms. The zero-order chi connectivity index (χ0) is 25.2. The van der Waals surface area contributed by atoms with Crippen molar-refractivity contribution >= 4 is 5.78 Å². The van der Waals surface area contributed by atoms with Crippen LogP contribution in [0.1, 0.15) is 99.3 Å². The summed E-state index contributed by atoms with van der Waals surface area (Å²) in [5.41, 5.74) is -1.81. The Bertz CT molecular complexity index is 768. The first-order chi connectivity index (χ1) is 15.8. The van der Waals surface area contributed by atoms with Gasteiger partial charge in [-0.1, -0.05) is 48.0 Å². The molecule has 12 atom stereocenters. The SMILES string of the molecule is CC[C@@H](C(C)C)[C@H](O)[C@@H](O)[C@@H](C)[C@H]1CCC2C3CC(=O)[C@@]4(O)C[C@@H](O)CC[C@]4(C)C3CC[C@@]21C. The van der Waals surface area contributed by atoms with Crippen LogP contribution in [-0.2, 0) is 4.79 Å². The van der Waals surface area contributed by atoms with Crippen LogP contribution in [0.3, 0.4) is 0 Å². The Labute approximate surface area is 206 Å². The van der Waals surface area contributed by atoms with E-state index in [0.717, 1.165) is 32.1 Å². The average molecular weight is 479 g/mol. The van der Waals surface area contributed by atoms with Gasteiger partial charge in [-0.2, -0.15) is 0 Å². The fraction of sp³-hybridized carbons (Fsp3) is 0.966. The van der Waals surface area contributed by atoms with Crippen LogP contribution < -0.4 is 0 Å². The van der Waals surface area contributed by atoms with Gasteiger partial charge in [-0.05, 0) is 85.4 Å². The molecule has 4 N–H and O–H groups in total. The maximum Gasteiger partial charge on any atom is 0.165 e. The first-order valence-corrected chi connectivity index (χ1v) is 14.1. The lowest BCUT2D eigenvalue weighted by Crippen LogP contribution is -2.67. The molecule has 4 aliphatic carbocycles. The van der Waals surface area contributed by atoms with Crippen LogP contribution in [0.2, 0.25) is 0 Å². The van der Waals surface area contributed by atoms with Crippen molar-refractivity contribution in [1.82, 2.24) is 0 Å². The third kappa shape index (κ3) is 3.74. The molecule has 3 unspecified atom stereocenters. The molecule has 0 bridgehead atoms. The topological polar surface area (TPSA) is 98.0 Å². The van der Waals surface area contributed by atoms with Crippen molar-refractivity contribution in [2.75, 3.05) is 0 Å². The monoisotopic (exact) mass is 478 g/mol. The summed E-state index contributed by atoms with van der Waals surface area (Å²) in [6, 6.07) is 0. The molecule has 0 heterocycles. The Morgan fingerprint density at radius 1 is 0.971 bits per heavy atom. The van der Waals surface area contributed by atoms with E-state index in [0.29, 0.717) is 42.9 Å². The van der Waals surface area contributed by atoms with E-state index in [1.807, 2.05) is 0 Å². The molecule has 0 aromatic carbocycles. The number of hydrogen-bond acceptors (Lipinski definition) is 5. The first kappa shape index (κ1) is 26.6. The van der Waals surface area contributed by atoms with Crippen LogP contribution in [0.5, 0.6) is 0 Å². The number of aliphatic hydroxyl groups excluding tert-OH is 3. The summed E-state index contributed by atoms with van der Waals surface area (Å²) in [7, 11) is 0. The van der Waals surface area contributed by atoms with Crippen molar-refractivity contribution in [1.29, 1.82) is 0 Å². The third-order valence-corrected chi connectivity index (χ3v) is 12.0. The smallest absolute Gasteiger partial charge is 0.165 e. The Balaban J connectivity index is 1.57. The molecule has 4 aliphatic rings. The normalized spacial score (nSPS) is 48.0. The summed E-state index contributed by atoms with van der Waals surface area (Å²) in [5.74, 6) is 1.66. The maximum absolute atomic E-state index is 13.4. The minimum atomic E-state index is -1.39. The largest absolute Gasteiger partial charge is 0.393 e. The van der Waals surface area contributed by atoms with E-state index >= 15 is 0 Å². The van der Waals surface area contributed by atoms with Gasteiger partial charge in [0.1, 0.15) is 5.60 Å². The fourth-order valence-corrected chi connectivity index (χ4v) is 9.83. The first-order valence-electron chi connectivity index (χ1n) is 14.1. The molecule has 4 rings (SSSR count). The molecule has 4 fully saturated rings. The van der Waals surface area contributed by atoms with E-state index in [2.05, 4.69) is 41.5 Å². The van der Waals surface area contributed by atoms with Crippen LogP contribution in [0, 0.1) is 52.3 Å². The molecule has 34 heavy (non-hydrogen) atoms. The number of ketones is 1. The highest BCUT2D eigenvalue weighted by molar-refractivity contribution is 5.89. The number of carbonyl (C=O) groups excluding carboxylic acids is 1. The Hall–Kier alpha value is -0.490. The van der Waals surface area contributed by atoms with Crippen molar-refractivity contribution in [2.45, 2.75) is 123 Å². The van der Waals surface area contributed by atoms with E-state index in [4.69, 9.17) is 0 Å². The van der Waals surface area contributed by atoms with Crippen molar-refractivity contribution < 1.29 is 25.2 Å². The predicted molar refractivity (Wildman–Crippen MR) is 133 cm³/mol. The number of hydrogen-bond donors (Lipinski definition) is 4. The van der Waals surface area contributed by atoms with E-state index in [1.54, 1.807) is 0 Å². The molecule has 0 aromatic heterocycles. The Morgan fingerprint density at radius 3 is 2.26 bits per heavy atom. The van der Waals surface area contributed by atoms with Crippen LogP contribution in [0.4, 0.5) is 0 Å². The molecule has 0 aromatic rings. The van der Waals surface area contributed by atoms with E-state index in [-0.39, 0.29) is 35.4 Å². The maximum atomic E-state index is 13.4. The molecule has 196 valence electrons. The molecule has 4 saturated carbocycles. The predicted octanol–water partition coefficient (Wildman–Crippen LogP) is 4.34. The lowest BCUT2D eigenvalue weighted by Gasteiger charge is -2.63. The number of rotatable bonds is 6. The van der Waals surface area contributed by atoms with Gasteiger partial charge in [0.25, 0.3) is 0 Å². The van der Waals surface area contributed by atoms with Gasteiger partial charge < -0.3 is 20.4 Å². The zero-order valence-electron chi connectivity index (χ0n) is 22.3. The van der Waals surface area contributed by atoms with Gasteiger partial charge in [0.15, 0.2) is 5.78 Å².